The molecule has 0 bridgehead atoms. The van der Waals surface area contributed by atoms with Crippen LogP contribution in [-0.2, 0) is 6.54 Å². The van der Waals surface area contributed by atoms with Gasteiger partial charge in [-0.25, -0.2) is 4.79 Å². The fraction of sp³-hybridized carbons (Fsp3) is 0.0500. The molecule has 1 N–H and O–H groups in total. The lowest BCUT2D eigenvalue weighted by molar-refractivity contribution is 0.0946. The van der Waals surface area contributed by atoms with Crippen molar-refractivity contribution in [2.24, 2.45) is 0 Å². The Morgan fingerprint density at radius 3 is 2.62 bits per heavy atom. The summed E-state index contributed by atoms with van der Waals surface area (Å²) in [6, 6.07) is 19.8. The predicted molar refractivity (Wildman–Crippen MR) is 95.6 cm³/mol. The van der Waals surface area contributed by atoms with Crippen molar-refractivity contribution in [2.45, 2.75) is 6.54 Å². The summed E-state index contributed by atoms with van der Waals surface area (Å²) in [5, 5.41) is 7.29. The monoisotopic (exact) mass is 346 g/mol. The molecule has 6 heteroatoms. The fourth-order valence-corrected chi connectivity index (χ4v) is 2.62. The summed E-state index contributed by atoms with van der Waals surface area (Å²) < 4.78 is 10.5. The minimum Gasteiger partial charge on any atom is -0.422 e. The lowest BCUT2D eigenvalue weighted by Crippen LogP contribution is -2.27. The van der Waals surface area contributed by atoms with E-state index >= 15 is 0 Å². The quantitative estimate of drug-likeness (QED) is 0.573. The van der Waals surface area contributed by atoms with Gasteiger partial charge in [0.05, 0.1) is 6.54 Å². The zero-order valence-corrected chi connectivity index (χ0v) is 13.6. The van der Waals surface area contributed by atoms with E-state index in [2.05, 4.69) is 10.5 Å². The number of carbonyl (C=O) groups is 1. The second-order valence-electron chi connectivity index (χ2n) is 5.72. The molecule has 0 aliphatic carbocycles. The number of fused-ring (bicyclic) bond motifs is 1. The van der Waals surface area contributed by atoms with Crippen LogP contribution in [0.1, 0.15) is 16.1 Å². The van der Waals surface area contributed by atoms with Gasteiger partial charge in [-0.2, -0.15) is 0 Å². The summed E-state index contributed by atoms with van der Waals surface area (Å²) in [4.78, 5) is 24.3. The summed E-state index contributed by atoms with van der Waals surface area (Å²) in [6.45, 7) is 0.140. The van der Waals surface area contributed by atoms with Gasteiger partial charge < -0.3 is 14.3 Å². The molecule has 0 atom stereocenters. The van der Waals surface area contributed by atoms with Crippen molar-refractivity contribution in [3.8, 4) is 11.3 Å². The molecule has 0 spiro atoms. The summed E-state index contributed by atoms with van der Waals surface area (Å²) >= 11 is 0. The second-order valence-corrected chi connectivity index (χ2v) is 5.72. The Hall–Kier alpha value is -3.67. The highest BCUT2D eigenvalue weighted by Crippen LogP contribution is 2.19. The second kappa shape index (κ2) is 6.68. The third kappa shape index (κ3) is 3.12. The first-order valence-electron chi connectivity index (χ1n) is 8.03. The summed E-state index contributed by atoms with van der Waals surface area (Å²) in [7, 11) is 0. The molecule has 2 aromatic heterocycles. The van der Waals surface area contributed by atoms with Crippen molar-refractivity contribution in [3.05, 3.63) is 88.4 Å². The van der Waals surface area contributed by atoms with Gasteiger partial charge in [0, 0.05) is 17.0 Å². The molecule has 0 aliphatic heterocycles. The number of nitrogens with zero attached hydrogens (tertiary/aromatic N) is 1. The van der Waals surface area contributed by atoms with Crippen LogP contribution in [0, 0.1) is 0 Å². The van der Waals surface area contributed by atoms with E-state index in [1.54, 1.807) is 24.3 Å². The molecule has 0 radical (unpaired) electrons. The third-order valence-electron chi connectivity index (χ3n) is 3.93. The lowest BCUT2D eigenvalue weighted by atomic mass is 10.1. The standard InChI is InChI=1S/C20H14N2O4/c23-19(16-10-14-8-4-5-9-17(14)25-20(16)24)21-12-15-11-18(26-22-15)13-6-2-1-3-7-13/h1-11H,12H2,(H,21,23). The molecule has 0 fully saturated rings. The van der Waals surface area contributed by atoms with Crippen LogP contribution in [-0.4, -0.2) is 11.1 Å². The maximum absolute atomic E-state index is 12.3. The van der Waals surface area contributed by atoms with Crippen LogP contribution < -0.4 is 10.9 Å². The number of benzene rings is 2. The zero-order valence-electron chi connectivity index (χ0n) is 13.6. The number of hydrogen-bond donors (Lipinski definition) is 1. The van der Waals surface area contributed by atoms with Crippen LogP contribution >= 0.6 is 0 Å². The van der Waals surface area contributed by atoms with E-state index in [0.717, 1.165) is 5.56 Å². The first-order chi connectivity index (χ1) is 12.7. The van der Waals surface area contributed by atoms with Crippen molar-refractivity contribution < 1.29 is 13.7 Å². The molecule has 4 aromatic rings. The average Bonchev–Trinajstić information content (AvgIpc) is 3.15. The third-order valence-corrected chi connectivity index (χ3v) is 3.93. The Labute approximate surface area is 148 Å². The maximum Gasteiger partial charge on any atom is 0.349 e. The van der Waals surface area contributed by atoms with Crippen molar-refractivity contribution in [2.75, 3.05) is 0 Å². The minimum atomic E-state index is -0.675. The minimum absolute atomic E-state index is 0.0459. The van der Waals surface area contributed by atoms with Crippen LogP contribution in [0.5, 0.6) is 0 Å². The Bertz CT molecular complexity index is 1130. The molecular formula is C20H14N2O4. The van der Waals surface area contributed by atoms with E-state index in [1.807, 2.05) is 36.4 Å². The molecule has 26 heavy (non-hydrogen) atoms. The molecule has 0 saturated heterocycles. The summed E-state index contributed by atoms with van der Waals surface area (Å²) in [5.74, 6) is 0.0915. The van der Waals surface area contributed by atoms with E-state index in [0.29, 0.717) is 22.4 Å². The number of nitrogens with one attached hydrogen (secondary N) is 1. The van der Waals surface area contributed by atoms with E-state index in [9.17, 15) is 9.59 Å². The van der Waals surface area contributed by atoms with Crippen molar-refractivity contribution in [1.29, 1.82) is 0 Å². The number of amides is 1. The van der Waals surface area contributed by atoms with Gasteiger partial charge in [-0.05, 0) is 12.1 Å². The highest BCUT2D eigenvalue weighted by molar-refractivity contribution is 5.96. The summed E-state index contributed by atoms with van der Waals surface area (Å²) in [6.07, 6.45) is 0. The number of aromatic nitrogens is 1. The van der Waals surface area contributed by atoms with Crippen LogP contribution in [0.15, 0.2) is 80.5 Å². The van der Waals surface area contributed by atoms with E-state index in [1.165, 1.54) is 6.07 Å². The largest absolute Gasteiger partial charge is 0.422 e. The highest BCUT2D eigenvalue weighted by Gasteiger charge is 2.14. The van der Waals surface area contributed by atoms with Gasteiger partial charge >= 0.3 is 5.63 Å². The van der Waals surface area contributed by atoms with Gasteiger partial charge in [-0.3, -0.25) is 4.79 Å². The number of hydrogen-bond acceptors (Lipinski definition) is 5. The normalized spacial score (nSPS) is 10.8. The molecular weight excluding hydrogens is 332 g/mol. The smallest absolute Gasteiger partial charge is 0.349 e. The predicted octanol–water partition coefficient (Wildman–Crippen LogP) is 3.38. The average molecular weight is 346 g/mol. The molecule has 0 aliphatic rings. The Morgan fingerprint density at radius 1 is 1.00 bits per heavy atom. The van der Waals surface area contributed by atoms with E-state index in [-0.39, 0.29) is 12.1 Å². The van der Waals surface area contributed by atoms with E-state index in [4.69, 9.17) is 8.94 Å². The topological polar surface area (TPSA) is 85.3 Å². The molecule has 2 aromatic carbocycles. The van der Waals surface area contributed by atoms with Crippen LogP contribution in [0.25, 0.3) is 22.3 Å². The molecule has 0 unspecified atom stereocenters. The number of para-hydroxylation sites is 1. The van der Waals surface area contributed by atoms with Crippen LogP contribution in [0.3, 0.4) is 0 Å². The maximum atomic E-state index is 12.3. The van der Waals surface area contributed by atoms with Gasteiger partial charge in [0.2, 0.25) is 0 Å². The molecule has 128 valence electrons. The fourth-order valence-electron chi connectivity index (χ4n) is 2.62. The van der Waals surface area contributed by atoms with Crippen LogP contribution in [0.4, 0.5) is 0 Å². The summed E-state index contributed by atoms with van der Waals surface area (Å²) in [5.41, 5.74) is 1.18. The molecule has 6 nitrogen and oxygen atoms in total. The van der Waals surface area contributed by atoms with E-state index < -0.39 is 11.5 Å². The van der Waals surface area contributed by atoms with Crippen molar-refractivity contribution in [1.82, 2.24) is 10.5 Å². The van der Waals surface area contributed by atoms with Gasteiger partial charge in [0.25, 0.3) is 5.91 Å². The van der Waals surface area contributed by atoms with Crippen LogP contribution in [0.2, 0.25) is 0 Å². The molecule has 1 amide bonds. The van der Waals surface area contributed by atoms with Crippen molar-refractivity contribution >= 4 is 16.9 Å². The Balaban J connectivity index is 1.50. The molecule has 2 heterocycles. The van der Waals surface area contributed by atoms with Crippen molar-refractivity contribution in [3.63, 3.8) is 0 Å². The van der Waals surface area contributed by atoms with Gasteiger partial charge in [-0.15, -0.1) is 0 Å². The van der Waals surface area contributed by atoms with Gasteiger partial charge in [0.15, 0.2) is 5.76 Å². The van der Waals surface area contributed by atoms with Gasteiger partial charge in [-0.1, -0.05) is 53.7 Å². The Morgan fingerprint density at radius 2 is 1.77 bits per heavy atom. The highest BCUT2D eigenvalue weighted by atomic mass is 16.5. The molecule has 4 rings (SSSR count). The first-order valence-corrected chi connectivity index (χ1v) is 8.03. The molecule has 0 saturated carbocycles. The first kappa shape index (κ1) is 15.8. The number of carbonyl (C=O) groups excluding carboxylic acids is 1. The Kier molecular flexibility index (Phi) is 4.07. The number of rotatable bonds is 4. The SMILES string of the molecule is O=C(NCc1cc(-c2ccccc2)on1)c1cc2ccccc2oc1=O. The lowest BCUT2D eigenvalue weighted by Gasteiger charge is -2.03. The van der Waals surface area contributed by atoms with Gasteiger partial charge in [0.1, 0.15) is 16.8 Å². The zero-order chi connectivity index (χ0) is 17.9.